The van der Waals surface area contributed by atoms with Crippen LogP contribution in [-0.2, 0) is 11.2 Å². The largest absolute Gasteiger partial charge is 0.325 e. The number of rotatable bonds is 2. The number of fused-ring (bicyclic) bond motifs is 2. The van der Waals surface area contributed by atoms with Gasteiger partial charge in [-0.25, -0.2) is 15.0 Å². The van der Waals surface area contributed by atoms with E-state index in [4.69, 9.17) is 18.0 Å². The van der Waals surface area contributed by atoms with Crippen LogP contribution in [0.15, 0.2) is 36.8 Å². The molecule has 0 fully saturated rings. The summed E-state index contributed by atoms with van der Waals surface area (Å²) in [6.45, 7) is 0.803. The van der Waals surface area contributed by atoms with Crippen LogP contribution < -0.4 is 10.2 Å². The van der Waals surface area contributed by atoms with Crippen LogP contribution in [-0.4, -0.2) is 27.4 Å². The van der Waals surface area contributed by atoms with Crippen molar-refractivity contribution in [2.45, 2.75) is 6.42 Å². The monoisotopic (exact) mass is 349 g/mol. The fourth-order valence-corrected chi connectivity index (χ4v) is 3.11. The summed E-state index contributed by atoms with van der Waals surface area (Å²) in [5, 5.41) is 3.99. The molecule has 0 aliphatic carbocycles. The highest BCUT2D eigenvalue weighted by atomic mass is 35.5. The van der Waals surface area contributed by atoms with E-state index in [0.717, 1.165) is 29.9 Å². The van der Waals surface area contributed by atoms with Crippen molar-refractivity contribution >= 4 is 45.7 Å². The molecule has 0 atom stereocenters. The average molecular weight is 350 g/mol. The van der Waals surface area contributed by atoms with Gasteiger partial charge in [0.1, 0.15) is 18.0 Å². The third-order valence-corrected chi connectivity index (χ3v) is 4.31. The molecule has 0 radical (unpaired) electrons. The molecular weight excluding hydrogens is 338 g/mol. The standard InChI is InChI=1S/C18H12ClN5O/c1-2-17(25)23-16-8-14-13(9-20-16)18(22-10-21-14)24-6-5-11-3-4-12(19)7-15(11)24/h1,3-4,7-10H,5-6H2,(H,20,23,25). The van der Waals surface area contributed by atoms with Gasteiger partial charge < -0.3 is 4.90 Å². The fourth-order valence-electron chi connectivity index (χ4n) is 2.95. The van der Waals surface area contributed by atoms with Crippen LogP contribution in [0.4, 0.5) is 17.3 Å². The Morgan fingerprint density at radius 3 is 3.00 bits per heavy atom. The third-order valence-electron chi connectivity index (χ3n) is 4.07. The zero-order valence-corrected chi connectivity index (χ0v) is 13.8. The Morgan fingerprint density at radius 1 is 1.28 bits per heavy atom. The molecular formula is C18H12ClN5O. The number of halogens is 1. The Balaban J connectivity index is 1.78. The minimum Gasteiger partial charge on any atom is -0.325 e. The normalized spacial score (nSPS) is 12.7. The molecule has 0 spiro atoms. The molecule has 2 aromatic heterocycles. The van der Waals surface area contributed by atoms with E-state index >= 15 is 0 Å². The van der Waals surface area contributed by atoms with Crippen LogP contribution in [0.5, 0.6) is 0 Å². The second kappa shape index (κ2) is 6.04. The van der Waals surface area contributed by atoms with Crippen molar-refractivity contribution in [3.05, 3.63) is 47.4 Å². The highest BCUT2D eigenvalue weighted by Crippen LogP contribution is 2.37. The van der Waals surface area contributed by atoms with Crippen LogP contribution in [0.1, 0.15) is 5.56 Å². The van der Waals surface area contributed by atoms with Crippen LogP contribution in [0, 0.1) is 12.3 Å². The molecule has 1 aliphatic heterocycles. The van der Waals surface area contributed by atoms with E-state index in [9.17, 15) is 4.79 Å². The summed E-state index contributed by atoms with van der Waals surface area (Å²) < 4.78 is 0. The number of anilines is 3. The van der Waals surface area contributed by atoms with Crippen molar-refractivity contribution < 1.29 is 4.79 Å². The van der Waals surface area contributed by atoms with Gasteiger partial charge >= 0.3 is 5.91 Å². The van der Waals surface area contributed by atoms with Crippen molar-refractivity contribution in [2.24, 2.45) is 0 Å². The van der Waals surface area contributed by atoms with Crippen LogP contribution in [0.25, 0.3) is 10.9 Å². The third kappa shape index (κ3) is 2.75. The Labute approximate surface area is 148 Å². The summed E-state index contributed by atoms with van der Waals surface area (Å²) in [6, 6.07) is 7.54. The molecule has 1 aliphatic rings. The van der Waals surface area contributed by atoms with Gasteiger partial charge in [0.2, 0.25) is 0 Å². The molecule has 1 aromatic carbocycles. The highest BCUT2D eigenvalue weighted by molar-refractivity contribution is 6.31. The minimum absolute atomic E-state index is 0.352. The molecule has 3 heterocycles. The maximum Gasteiger partial charge on any atom is 0.301 e. The predicted molar refractivity (Wildman–Crippen MR) is 97.0 cm³/mol. The number of terminal acetylenes is 1. The first-order valence-corrected chi connectivity index (χ1v) is 7.98. The lowest BCUT2D eigenvalue weighted by atomic mass is 10.2. The van der Waals surface area contributed by atoms with Crippen molar-refractivity contribution in [1.29, 1.82) is 0 Å². The van der Waals surface area contributed by atoms with Crippen molar-refractivity contribution in [2.75, 3.05) is 16.8 Å². The number of pyridine rings is 1. The zero-order chi connectivity index (χ0) is 17.4. The number of nitrogens with zero attached hydrogens (tertiary/aromatic N) is 4. The summed E-state index contributed by atoms with van der Waals surface area (Å²) in [4.78, 5) is 26.4. The molecule has 4 rings (SSSR count). The quantitative estimate of drug-likeness (QED) is 0.720. The molecule has 1 amide bonds. The first kappa shape index (κ1) is 15.4. The van der Waals surface area contributed by atoms with E-state index in [1.54, 1.807) is 12.3 Å². The van der Waals surface area contributed by atoms with Crippen molar-refractivity contribution in [1.82, 2.24) is 15.0 Å². The van der Waals surface area contributed by atoms with Gasteiger partial charge in [-0.2, -0.15) is 0 Å². The van der Waals surface area contributed by atoms with Gasteiger partial charge in [-0.3, -0.25) is 10.1 Å². The first-order valence-electron chi connectivity index (χ1n) is 7.60. The molecule has 1 N–H and O–H groups in total. The van der Waals surface area contributed by atoms with E-state index in [0.29, 0.717) is 16.4 Å². The molecule has 3 aromatic rings. The number of carbonyl (C=O) groups excluding carboxylic acids is 1. The van der Waals surface area contributed by atoms with Gasteiger partial charge in [0.15, 0.2) is 0 Å². The van der Waals surface area contributed by atoms with E-state index in [1.165, 1.54) is 11.9 Å². The Kier molecular flexibility index (Phi) is 3.71. The molecule has 25 heavy (non-hydrogen) atoms. The summed E-state index contributed by atoms with van der Waals surface area (Å²) in [7, 11) is 0. The molecule has 7 heteroatoms. The van der Waals surface area contributed by atoms with E-state index in [2.05, 4.69) is 25.2 Å². The Morgan fingerprint density at radius 2 is 2.16 bits per heavy atom. The van der Waals surface area contributed by atoms with Gasteiger partial charge in [-0.1, -0.05) is 17.7 Å². The van der Waals surface area contributed by atoms with Gasteiger partial charge in [0.05, 0.1) is 10.9 Å². The second-order valence-corrected chi connectivity index (χ2v) is 5.99. The molecule has 6 nitrogen and oxygen atoms in total. The number of benzene rings is 1. The molecule has 0 bridgehead atoms. The van der Waals surface area contributed by atoms with Gasteiger partial charge in [-0.05, 0) is 30.0 Å². The lowest BCUT2D eigenvalue weighted by Gasteiger charge is -2.20. The van der Waals surface area contributed by atoms with Gasteiger partial charge in [0, 0.05) is 29.5 Å². The van der Waals surface area contributed by atoms with Gasteiger partial charge in [0.25, 0.3) is 0 Å². The molecule has 0 saturated carbocycles. The smallest absolute Gasteiger partial charge is 0.301 e. The van der Waals surface area contributed by atoms with Crippen LogP contribution >= 0.6 is 11.6 Å². The Bertz CT molecular complexity index is 1040. The summed E-state index contributed by atoms with van der Waals surface area (Å²) in [5.41, 5.74) is 2.93. The maximum atomic E-state index is 11.3. The number of nitrogens with one attached hydrogen (secondary N) is 1. The number of hydrogen-bond donors (Lipinski definition) is 1. The number of aromatic nitrogens is 3. The number of hydrogen-bond acceptors (Lipinski definition) is 5. The first-order chi connectivity index (χ1) is 12.2. The zero-order valence-electron chi connectivity index (χ0n) is 13.0. The molecule has 0 saturated heterocycles. The van der Waals surface area contributed by atoms with E-state index in [-0.39, 0.29) is 0 Å². The van der Waals surface area contributed by atoms with Gasteiger partial charge in [-0.15, -0.1) is 6.42 Å². The molecule has 122 valence electrons. The van der Waals surface area contributed by atoms with Crippen LogP contribution in [0.2, 0.25) is 5.02 Å². The second-order valence-electron chi connectivity index (χ2n) is 5.56. The van der Waals surface area contributed by atoms with E-state index < -0.39 is 5.91 Å². The minimum atomic E-state index is -0.552. The Hall–Kier alpha value is -3.17. The van der Waals surface area contributed by atoms with Crippen molar-refractivity contribution in [3.8, 4) is 12.3 Å². The maximum absolute atomic E-state index is 11.3. The lowest BCUT2D eigenvalue weighted by Crippen LogP contribution is -2.16. The van der Waals surface area contributed by atoms with Crippen LogP contribution in [0.3, 0.4) is 0 Å². The highest BCUT2D eigenvalue weighted by Gasteiger charge is 2.23. The molecule has 0 unspecified atom stereocenters. The fraction of sp³-hybridized carbons (Fsp3) is 0.111. The summed E-state index contributed by atoms with van der Waals surface area (Å²) in [6.07, 6.45) is 9.11. The lowest BCUT2D eigenvalue weighted by molar-refractivity contribution is -0.111. The number of carbonyl (C=O) groups is 1. The van der Waals surface area contributed by atoms with Crippen molar-refractivity contribution in [3.63, 3.8) is 0 Å². The van der Waals surface area contributed by atoms with E-state index in [1.807, 2.05) is 24.1 Å². The summed E-state index contributed by atoms with van der Waals surface area (Å²) in [5.74, 6) is 2.55. The topological polar surface area (TPSA) is 71.0 Å². The predicted octanol–water partition coefficient (Wildman–Crippen LogP) is 2.94. The summed E-state index contributed by atoms with van der Waals surface area (Å²) >= 11 is 6.15. The average Bonchev–Trinajstić information content (AvgIpc) is 3.03. The number of amides is 1. The SMILES string of the molecule is C#CC(=O)Nc1cc2ncnc(N3CCc4ccc(Cl)cc43)c2cn1.